The van der Waals surface area contributed by atoms with Gasteiger partial charge in [-0.05, 0) is 93.9 Å². The number of aromatic nitrogens is 1. The number of hydrogen-bond donors (Lipinski definition) is 0. The Kier molecular flexibility index (Phi) is 8.17. The van der Waals surface area contributed by atoms with Gasteiger partial charge in [-0.15, -0.1) is 0 Å². The summed E-state index contributed by atoms with van der Waals surface area (Å²) in [5.41, 5.74) is 15.7. The van der Waals surface area contributed by atoms with Crippen molar-refractivity contribution >= 4 is 71.6 Å². The van der Waals surface area contributed by atoms with Crippen LogP contribution >= 0.6 is 0 Å². The minimum Gasteiger partial charge on any atom is -0.456 e. The number of para-hydroxylation sites is 4. The molecule has 0 unspecified atom stereocenters. The Morgan fingerprint density at radius 3 is 1.61 bits per heavy atom. The van der Waals surface area contributed by atoms with Crippen LogP contribution in [0.2, 0.25) is 0 Å². The molecule has 12 rings (SSSR count). The first-order valence-corrected chi connectivity index (χ1v) is 20.8. The third-order valence-electron chi connectivity index (χ3n) is 12.2. The Hall–Kier alpha value is -8.14. The molecule has 2 aromatic heterocycles. The smallest absolute Gasteiger partial charge is 0.136 e. The lowest BCUT2D eigenvalue weighted by molar-refractivity contribution is 0.669. The van der Waals surface area contributed by atoms with Crippen molar-refractivity contribution in [3.05, 3.63) is 231 Å². The Bertz CT molecular complexity index is 3520. The summed E-state index contributed by atoms with van der Waals surface area (Å²) < 4.78 is 8.71. The molecule has 0 saturated carbocycles. The average molecular weight is 779 g/mol. The van der Waals surface area contributed by atoms with Crippen molar-refractivity contribution in [3.8, 4) is 39.1 Å². The fourth-order valence-corrected chi connectivity index (χ4v) is 9.46. The van der Waals surface area contributed by atoms with E-state index in [1.165, 1.54) is 43.9 Å². The molecule has 0 aliphatic rings. The first-order valence-electron chi connectivity index (χ1n) is 20.8. The predicted molar refractivity (Wildman–Crippen MR) is 257 cm³/mol. The van der Waals surface area contributed by atoms with Gasteiger partial charge in [0.05, 0.1) is 22.4 Å². The van der Waals surface area contributed by atoms with Gasteiger partial charge in [-0.2, -0.15) is 0 Å². The summed E-state index contributed by atoms with van der Waals surface area (Å²) in [7, 11) is 0. The van der Waals surface area contributed by atoms with E-state index in [1.807, 2.05) is 6.07 Å². The van der Waals surface area contributed by atoms with Crippen LogP contribution in [0.4, 0.5) is 17.1 Å². The second kappa shape index (κ2) is 14.3. The normalized spacial score (nSPS) is 11.6. The molecule has 0 atom stereocenters. The Labute approximate surface area is 353 Å². The summed E-state index contributed by atoms with van der Waals surface area (Å²) in [6.45, 7) is 0. The van der Waals surface area contributed by atoms with E-state index in [9.17, 15) is 0 Å². The first-order chi connectivity index (χ1) is 30.3. The van der Waals surface area contributed by atoms with Crippen LogP contribution in [-0.4, -0.2) is 4.57 Å². The lowest BCUT2D eigenvalue weighted by Crippen LogP contribution is -2.12. The van der Waals surface area contributed by atoms with Gasteiger partial charge < -0.3 is 13.9 Å². The van der Waals surface area contributed by atoms with Crippen molar-refractivity contribution in [2.24, 2.45) is 0 Å². The van der Waals surface area contributed by atoms with Crippen LogP contribution in [0, 0.1) is 0 Å². The molecule has 61 heavy (non-hydrogen) atoms. The predicted octanol–water partition coefficient (Wildman–Crippen LogP) is 16.3. The summed E-state index contributed by atoms with van der Waals surface area (Å²) in [5, 5.41) is 7.14. The molecule has 3 nitrogen and oxygen atoms in total. The second-order valence-corrected chi connectivity index (χ2v) is 15.6. The largest absolute Gasteiger partial charge is 0.456 e. The fourth-order valence-electron chi connectivity index (χ4n) is 9.46. The van der Waals surface area contributed by atoms with E-state index >= 15 is 0 Å². The Morgan fingerprint density at radius 2 is 0.869 bits per heavy atom. The first kappa shape index (κ1) is 34.9. The van der Waals surface area contributed by atoms with Gasteiger partial charge in [0.1, 0.15) is 11.2 Å². The molecule has 2 heterocycles. The summed E-state index contributed by atoms with van der Waals surface area (Å²) in [5.74, 6) is 0. The lowest BCUT2D eigenvalue weighted by atomic mass is 9.93. The van der Waals surface area contributed by atoms with Crippen molar-refractivity contribution < 1.29 is 4.42 Å². The van der Waals surface area contributed by atoms with Gasteiger partial charge in [0.25, 0.3) is 0 Å². The van der Waals surface area contributed by atoms with Gasteiger partial charge in [-0.1, -0.05) is 170 Å². The summed E-state index contributed by atoms with van der Waals surface area (Å²) in [6, 6.07) is 82.9. The molecule has 0 amide bonds. The van der Waals surface area contributed by atoms with Crippen molar-refractivity contribution in [3.63, 3.8) is 0 Å². The monoisotopic (exact) mass is 778 g/mol. The lowest BCUT2D eigenvalue weighted by Gasteiger charge is -2.29. The van der Waals surface area contributed by atoms with Crippen LogP contribution in [0.3, 0.4) is 0 Å². The number of nitrogens with zero attached hydrogens (tertiary/aromatic N) is 2. The van der Waals surface area contributed by atoms with Gasteiger partial charge >= 0.3 is 0 Å². The molecule has 0 saturated heterocycles. The van der Waals surface area contributed by atoms with E-state index in [4.69, 9.17) is 4.42 Å². The highest BCUT2D eigenvalue weighted by Gasteiger charge is 2.22. The third kappa shape index (κ3) is 5.74. The molecule has 286 valence electrons. The van der Waals surface area contributed by atoms with Gasteiger partial charge in [-0.25, -0.2) is 0 Å². The molecule has 0 fully saturated rings. The minimum absolute atomic E-state index is 0.895. The molecule has 12 aromatic rings. The topological polar surface area (TPSA) is 21.3 Å². The van der Waals surface area contributed by atoms with Crippen LogP contribution in [0.1, 0.15) is 0 Å². The zero-order valence-electron chi connectivity index (χ0n) is 33.2. The maximum absolute atomic E-state index is 6.35. The van der Waals surface area contributed by atoms with Crippen molar-refractivity contribution in [2.75, 3.05) is 4.90 Å². The molecule has 3 heteroatoms. The molecule has 0 N–H and O–H groups in total. The average Bonchev–Trinajstić information content (AvgIpc) is 3.89. The van der Waals surface area contributed by atoms with E-state index in [1.54, 1.807) is 0 Å². The SMILES string of the molecule is c1ccc(-c2ccccc2N(c2ccc(-c3ccc(-n4c5ccccc5c5ccccc54)cc3)cc2)c2ccc(-c3cccc4oc5ccccc5c34)c3ccccc23)cc1. The minimum atomic E-state index is 0.895. The summed E-state index contributed by atoms with van der Waals surface area (Å²) in [4.78, 5) is 2.43. The number of benzene rings is 10. The molecule has 0 aliphatic heterocycles. The van der Waals surface area contributed by atoms with Crippen LogP contribution in [0.5, 0.6) is 0 Å². The van der Waals surface area contributed by atoms with Crippen LogP contribution in [-0.2, 0) is 0 Å². The van der Waals surface area contributed by atoms with Gasteiger partial charge in [-0.3, -0.25) is 0 Å². The summed E-state index contributed by atoms with van der Waals surface area (Å²) >= 11 is 0. The third-order valence-corrected chi connectivity index (χ3v) is 12.2. The second-order valence-electron chi connectivity index (χ2n) is 15.6. The highest BCUT2D eigenvalue weighted by molar-refractivity contribution is 6.17. The Balaban J connectivity index is 0.992. The van der Waals surface area contributed by atoms with E-state index in [-0.39, 0.29) is 0 Å². The Morgan fingerprint density at radius 1 is 0.311 bits per heavy atom. The standard InChI is InChI=1S/C58H38N2O/c1-2-15-41(16-3-1)44-17-6-10-24-52(44)59(55-38-37-46(45-18-4-5-19-47(45)55)50-23-14-28-57-58(50)51-22-9-13-27-56(51)61-57)42-33-29-39(30-34-42)40-31-35-43(36-32-40)60-53-25-11-7-20-48(53)49-21-8-12-26-54(49)60/h1-38H. The quantitative estimate of drug-likeness (QED) is 0.161. The number of hydrogen-bond acceptors (Lipinski definition) is 2. The van der Waals surface area contributed by atoms with Crippen LogP contribution < -0.4 is 4.90 Å². The molecule has 0 aliphatic carbocycles. The van der Waals surface area contributed by atoms with E-state index in [0.29, 0.717) is 0 Å². The van der Waals surface area contributed by atoms with E-state index in [2.05, 4.69) is 234 Å². The molecular weight excluding hydrogens is 741 g/mol. The number of anilines is 3. The number of rotatable bonds is 7. The van der Waals surface area contributed by atoms with Crippen molar-refractivity contribution in [2.45, 2.75) is 0 Å². The van der Waals surface area contributed by atoms with Gasteiger partial charge in [0.2, 0.25) is 0 Å². The van der Waals surface area contributed by atoms with E-state index < -0.39 is 0 Å². The van der Waals surface area contributed by atoms with E-state index in [0.717, 1.165) is 66.8 Å². The molecule has 0 spiro atoms. The van der Waals surface area contributed by atoms with Gasteiger partial charge in [0, 0.05) is 43.9 Å². The van der Waals surface area contributed by atoms with Gasteiger partial charge in [0.15, 0.2) is 0 Å². The fraction of sp³-hybridized carbons (Fsp3) is 0. The maximum Gasteiger partial charge on any atom is 0.136 e. The van der Waals surface area contributed by atoms with Crippen LogP contribution in [0.25, 0.3) is 93.6 Å². The highest BCUT2D eigenvalue weighted by atomic mass is 16.3. The summed E-state index contributed by atoms with van der Waals surface area (Å²) in [6.07, 6.45) is 0. The molecule has 0 radical (unpaired) electrons. The highest BCUT2D eigenvalue weighted by Crippen LogP contribution is 2.47. The number of fused-ring (bicyclic) bond motifs is 7. The zero-order chi connectivity index (χ0) is 40.3. The van der Waals surface area contributed by atoms with Crippen molar-refractivity contribution in [1.82, 2.24) is 4.57 Å². The van der Waals surface area contributed by atoms with Crippen molar-refractivity contribution in [1.29, 1.82) is 0 Å². The zero-order valence-corrected chi connectivity index (χ0v) is 33.2. The maximum atomic E-state index is 6.35. The van der Waals surface area contributed by atoms with Crippen LogP contribution in [0.15, 0.2) is 235 Å². The molecule has 0 bridgehead atoms. The molecule has 10 aromatic carbocycles. The number of furan rings is 1. The molecular formula is C58H38N2O.